The van der Waals surface area contributed by atoms with Gasteiger partial charge in [0.2, 0.25) is 10.0 Å². The highest BCUT2D eigenvalue weighted by atomic mass is 35.5. The minimum atomic E-state index is -3.99. The minimum Gasteiger partial charge on any atom is -0.490 e. The van der Waals surface area contributed by atoms with E-state index in [1.807, 2.05) is 44.2 Å². The lowest BCUT2D eigenvalue weighted by Crippen LogP contribution is -2.53. The summed E-state index contributed by atoms with van der Waals surface area (Å²) in [7, 11) is -3.99. The van der Waals surface area contributed by atoms with Crippen LogP contribution >= 0.6 is 11.6 Å². The molecule has 0 saturated heterocycles. The second kappa shape index (κ2) is 13.1. The number of hydrogen-bond donors (Lipinski definition) is 2. The van der Waals surface area contributed by atoms with Gasteiger partial charge in [0, 0.05) is 47.4 Å². The number of rotatable bonds is 2. The molecule has 0 radical (unpaired) electrons. The van der Waals surface area contributed by atoms with Crippen molar-refractivity contribution >= 4 is 33.2 Å². The van der Waals surface area contributed by atoms with Gasteiger partial charge in [0.05, 0.1) is 23.1 Å². The fraction of sp³-hybridized carbons (Fsp3) is 0.487. The fourth-order valence-electron chi connectivity index (χ4n) is 8.55. The number of pyridine rings is 1. The molecule has 1 aromatic heterocycles. The molecule has 1 saturated carbocycles. The van der Waals surface area contributed by atoms with Gasteiger partial charge >= 0.3 is 0 Å². The number of aromatic nitrogens is 1. The number of amides is 1. The molecule has 6 atom stereocenters. The molecule has 1 fully saturated rings. The van der Waals surface area contributed by atoms with Crippen molar-refractivity contribution in [1.82, 2.24) is 9.71 Å². The summed E-state index contributed by atoms with van der Waals surface area (Å²) in [6.45, 7) is 7.30. The van der Waals surface area contributed by atoms with Crippen LogP contribution < -0.4 is 14.4 Å². The van der Waals surface area contributed by atoms with Gasteiger partial charge < -0.3 is 14.7 Å². The summed E-state index contributed by atoms with van der Waals surface area (Å²) in [5, 5.41) is 12.5. The maximum Gasteiger partial charge on any atom is 0.264 e. The molecular formula is C39H46ClN3O5S. The zero-order valence-corrected chi connectivity index (χ0v) is 30.1. The van der Waals surface area contributed by atoms with Gasteiger partial charge in [-0.1, -0.05) is 36.7 Å². The normalized spacial score (nSPS) is 31.7. The van der Waals surface area contributed by atoms with Crippen molar-refractivity contribution in [2.24, 2.45) is 17.8 Å². The zero-order valence-electron chi connectivity index (χ0n) is 28.5. The number of halogens is 1. The second-order valence-corrected chi connectivity index (χ2v) is 17.5. The number of ether oxygens (including phenoxy) is 1. The van der Waals surface area contributed by atoms with Crippen molar-refractivity contribution in [3.8, 4) is 5.75 Å². The number of carbonyl (C=O) groups is 1. The number of allylic oxidation sites excluding steroid dienone is 1. The van der Waals surface area contributed by atoms with E-state index in [4.69, 9.17) is 16.3 Å². The third-order valence-electron chi connectivity index (χ3n) is 11.7. The van der Waals surface area contributed by atoms with Crippen molar-refractivity contribution in [1.29, 1.82) is 0 Å². The van der Waals surface area contributed by atoms with Crippen LogP contribution in [0.1, 0.15) is 78.7 Å². The first-order valence-electron chi connectivity index (χ1n) is 17.5. The van der Waals surface area contributed by atoms with Gasteiger partial charge in [-0.2, -0.15) is 0 Å². The molecule has 2 aliphatic carbocycles. The van der Waals surface area contributed by atoms with Gasteiger partial charge in [-0.25, -0.2) is 13.1 Å². The molecule has 1 amide bonds. The van der Waals surface area contributed by atoms with Gasteiger partial charge in [0.1, 0.15) is 5.75 Å². The summed E-state index contributed by atoms with van der Waals surface area (Å²) >= 11 is 6.45. The van der Waals surface area contributed by atoms with Crippen molar-refractivity contribution in [3.63, 3.8) is 0 Å². The summed E-state index contributed by atoms with van der Waals surface area (Å²) < 4.78 is 35.9. The molecular weight excluding hydrogens is 658 g/mol. The highest BCUT2D eigenvalue weighted by Gasteiger charge is 2.48. The van der Waals surface area contributed by atoms with Crippen molar-refractivity contribution < 1.29 is 23.1 Å². The van der Waals surface area contributed by atoms with E-state index in [1.54, 1.807) is 31.3 Å². The molecule has 2 aromatic carbocycles. The molecule has 3 heterocycles. The Kier molecular flexibility index (Phi) is 9.07. The third kappa shape index (κ3) is 6.62. The molecule has 0 unspecified atom stereocenters. The molecule has 2 aliphatic heterocycles. The number of fused-ring (bicyclic) bond motifs is 4. The summed E-state index contributed by atoms with van der Waals surface area (Å²) in [6, 6.07) is 15.4. The average molecular weight is 704 g/mol. The van der Waals surface area contributed by atoms with Crippen LogP contribution in [0.2, 0.25) is 5.02 Å². The minimum absolute atomic E-state index is 0.0390. The van der Waals surface area contributed by atoms with Gasteiger partial charge in [-0.05, 0) is 129 Å². The number of hydrogen-bond acceptors (Lipinski definition) is 7. The summed E-state index contributed by atoms with van der Waals surface area (Å²) in [4.78, 5) is 20.5. The van der Waals surface area contributed by atoms with E-state index in [-0.39, 0.29) is 28.7 Å². The number of benzene rings is 2. The number of aliphatic hydroxyl groups is 1. The van der Waals surface area contributed by atoms with Crippen LogP contribution in [0.25, 0.3) is 0 Å². The lowest BCUT2D eigenvalue weighted by Gasteiger charge is -2.49. The van der Waals surface area contributed by atoms with Crippen molar-refractivity contribution in [2.75, 3.05) is 24.6 Å². The lowest BCUT2D eigenvalue weighted by molar-refractivity contribution is -0.0452. The van der Waals surface area contributed by atoms with E-state index in [2.05, 4.69) is 26.7 Å². The maximum absolute atomic E-state index is 13.5. The van der Waals surface area contributed by atoms with E-state index in [0.717, 1.165) is 54.1 Å². The van der Waals surface area contributed by atoms with Gasteiger partial charge in [0.25, 0.3) is 5.91 Å². The van der Waals surface area contributed by atoms with E-state index in [0.29, 0.717) is 38.3 Å². The van der Waals surface area contributed by atoms with Crippen LogP contribution in [0.3, 0.4) is 0 Å². The van der Waals surface area contributed by atoms with Gasteiger partial charge in [0.15, 0.2) is 0 Å². The molecule has 1 spiro atoms. The molecule has 49 heavy (non-hydrogen) atoms. The number of sulfonamides is 1. The number of anilines is 1. The third-order valence-corrected chi connectivity index (χ3v) is 13.8. The smallest absolute Gasteiger partial charge is 0.264 e. The van der Waals surface area contributed by atoms with Crippen LogP contribution in [0, 0.1) is 24.7 Å². The summed E-state index contributed by atoms with van der Waals surface area (Å²) in [5.41, 5.74) is 3.94. The van der Waals surface area contributed by atoms with E-state index >= 15 is 0 Å². The first-order valence-corrected chi connectivity index (χ1v) is 19.5. The Morgan fingerprint density at radius 1 is 1.12 bits per heavy atom. The Morgan fingerprint density at radius 3 is 2.73 bits per heavy atom. The molecule has 10 heteroatoms. The molecule has 2 N–H and O–H groups in total. The summed E-state index contributed by atoms with van der Waals surface area (Å²) in [6.07, 6.45) is 11.1. The quantitative estimate of drug-likeness (QED) is 0.291. The van der Waals surface area contributed by atoms with Crippen LogP contribution in [0.5, 0.6) is 5.75 Å². The highest BCUT2D eigenvalue weighted by Crippen LogP contribution is 2.49. The number of nitrogens with zero attached hydrogens (tertiary/aromatic N) is 2. The number of nitrogens with one attached hydrogen (secondary N) is 1. The Morgan fingerprint density at radius 2 is 1.96 bits per heavy atom. The molecule has 4 aliphatic rings. The molecule has 260 valence electrons. The van der Waals surface area contributed by atoms with Crippen molar-refractivity contribution in [3.05, 3.63) is 99.9 Å². The van der Waals surface area contributed by atoms with Gasteiger partial charge in [-0.15, -0.1) is 0 Å². The van der Waals surface area contributed by atoms with E-state index in [1.165, 1.54) is 11.1 Å². The summed E-state index contributed by atoms with van der Waals surface area (Å²) in [5.74, 6) is -0.160. The molecule has 7 rings (SSSR count). The van der Waals surface area contributed by atoms with Gasteiger partial charge in [-0.3, -0.25) is 9.78 Å². The largest absolute Gasteiger partial charge is 0.490 e. The number of aryl methyl sites for hydroxylation is 2. The maximum atomic E-state index is 13.5. The van der Waals surface area contributed by atoms with Crippen LogP contribution in [0.4, 0.5) is 5.69 Å². The average Bonchev–Trinajstić information content (AvgIpc) is 3.18. The van der Waals surface area contributed by atoms with Crippen LogP contribution in [-0.4, -0.2) is 55.0 Å². The standard InChI is InChI=1S/C39H46ClN3O5S/c1-25-14-17-41-32(18-25)21-39(45)16-4-6-26(2)27(3)49(46,47)42-37(44)29-9-13-36-35(20-29)43(22-30-8-11-34(30)39)23-38(24-48-36)15-5-7-28-19-31(40)10-12-33(28)38/h4,9-10,12-14,16-20,26-27,30,34,45H,5-8,11,15,21-24H2,1-3H3,(H,42,44)/b16-4-/t26-,27+,30-,34+,38-,39-/m0/s1. The van der Waals surface area contributed by atoms with Crippen LogP contribution in [0.15, 0.2) is 66.9 Å². The highest BCUT2D eigenvalue weighted by molar-refractivity contribution is 7.90. The fourth-order valence-corrected chi connectivity index (χ4v) is 10.0. The predicted molar refractivity (Wildman–Crippen MR) is 193 cm³/mol. The van der Waals surface area contributed by atoms with E-state index in [9.17, 15) is 18.3 Å². The monoisotopic (exact) mass is 703 g/mol. The molecule has 3 aromatic rings. The number of carbonyl (C=O) groups excluding carboxylic acids is 1. The second-order valence-electron chi connectivity index (χ2n) is 15.0. The Balaban J connectivity index is 1.32. The first kappa shape index (κ1) is 34.1. The zero-order chi connectivity index (χ0) is 34.6. The van der Waals surface area contributed by atoms with E-state index < -0.39 is 26.8 Å². The SMILES string of the molecule is Cc1ccnc(C[C@@]2(O)/C=C\C[C@H](C)[C@@H](C)S(=O)(=O)NC(=O)c3ccc4c(c3)N(C[C@@H]3CC[C@H]32)C[C@@]2(CCCc3cc(Cl)ccc32)CO4)c1. The Bertz CT molecular complexity index is 1900. The Hall–Kier alpha value is -3.40. The first-order chi connectivity index (χ1) is 23.4. The van der Waals surface area contributed by atoms with Crippen molar-refractivity contribution in [2.45, 2.75) is 82.0 Å². The lowest BCUT2D eigenvalue weighted by atomic mass is 9.62. The molecule has 8 nitrogen and oxygen atoms in total. The molecule has 2 bridgehead atoms. The Labute approximate surface area is 295 Å². The van der Waals surface area contributed by atoms with Crippen LogP contribution in [-0.2, 0) is 28.3 Å². The topological polar surface area (TPSA) is 109 Å². The predicted octanol–water partition coefficient (Wildman–Crippen LogP) is 6.56.